The van der Waals surface area contributed by atoms with Crippen LogP contribution in [0.4, 0.5) is 15.0 Å². The molecule has 0 radical (unpaired) electrons. The molecule has 45 heavy (non-hydrogen) atoms. The number of likely N-dealkylation sites (tertiary alicyclic amines) is 1. The zero-order chi connectivity index (χ0) is 31.1. The standard InChI is InChI=1S/C35H43FN6O3/c1-34(2,3)45-33(43)42-22-10-11-23(42)19-41(18-22)31-26-17-37-29(25-9-5-7-21-12-13-35(14-15-35)27(21)25)28(36)30(26)38-32(39-31)44-20-24-8-6-16-40(24)4/h5,7,9,17,22-24H,6,8,10-16,18-20H2,1-4H3/t22-,23+,24-/m0/s1. The number of fused-ring (bicyclic) bond motifs is 5. The zero-order valence-electron chi connectivity index (χ0n) is 26.8. The molecule has 3 aromatic rings. The monoisotopic (exact) mass is 614 g/mol. The Labute approximate surface area is 264 Å². The van der Waals surface area contributed by atoms with E-state index in [-0.39, 0.29) is 41.2 Å². The van der Waals surface area contributed by atoms with E-state index in [1.165, 1.54) is 11.1 Å². The van der Waals surface area contributed by atoms with Gasteiger partial charge in [-0.3, -0.25) is 9.88 Å². The Bertz CT molecular complexity index is 1660. The summed E-state index contributed by atoms with van der Waals surface area (Å²) in [5.74, 6) is 0.191. The maximum absolute atomic E-state index is 16.8. The second kappa shape index (κ2) is 10.5. The highest BCUT2D eigenvalue weighted by molar-refractivity contribution is 5.92. The van der Waals surface area contributed by atoms with Gasteiger partial charge in [0.1, 0.15) is 29.2 Å². The van der Waals surface area contributed by atoms with Crippen LogP contribution in [0.15, 0.2) is 24.4 Å². The molecule has 1 amide bonds. The minimum Gasteiger partial charge on any atom is -0.462 e. The molecule has 10 heteroatoms. The van der Waals surface area contributed by atoms with E-state index in [2.05, 4.69) is 22.9 Å². The van der Waals surface area contributed by atoms with Crippen LogP contribution < -0.4 is 9.64 Å². The number of aromatic nitrogens is 3. The number of rotatable bonds is 5. The number of amides is 1. The first-order chi connectivity index (χ1) is 21.6. The maximum atomic E-state index is 16.8. The molecule has 1 aromatic carbocycles. The number of likely N-dealkylation sites (N-methyl/N-ethyl adjacent to an activating group) is 1. The summed E-state index contributed by atoms with van der Waals surface area (Å²) in [5.41, 5.74) is 3.70. The van der Waals surface area contributed by atoms with E-state index in [1.54, 1.807) is 6.20 Å². The highest BCUT2D eigenvalue weighted by Gasteiger charge is 2.50. The minimum absolute atomic E-state index is 0.0150. The lowest BCUT2D eigenvalue weighted by atomic mass is 9.91. The van der Waals surface area contributed by atoms with Crippen LogP contribution in [-0.4, -0.2) is 87.9 Å². The van der Waals surface area contributed by atoms with Gasteiger partial charge in [0.15, 0.2) is 5.82 Å². The van der Waals surface area contributed by atoms with Crippen LogP contribution in [0.2, 0.25) is 0 Å². The molecule has 1 saturated carbocycles. The highest BCUT2D eigenvalue weighted by Crippen LogP contribution is 2.59. The second-order valence-corrected chi connectivity index (χ2v) is 14.9. The van der Waals surface area contributed by atoms with Crippen LogP contribution in [-0.2, 0) is 16.6 Å². The smallest absolute Gasteiger partial charge is 0.410 e. The number of anilines is 1. The third-order valence-electron chi connectivity index (χ3n) is 10.8. The van der Waals surface area contributed by atoms with Crippen molar-refractivity contribution in [1.29, 1.82) is 0 Å². The lowest BCUT2D eigenvalue weighted by Crippen LogP contribution is -2.57. The van der Waals surface area contributed by atoms with Gasteiger partial charge in [-0.25, -0.2) is 9.18 Å². The van der Waals surface area contributed by atoms with Crippen LogP contribution in [0, 0.1) is 5.82 Å². The van der Waals surface area contributed by atoms with Crippen molar-refractivity contribution in [1.82, 2.24) is 24.8 Å². The van der Waals surface area contributed by atoms with Crippen molar-refractivity contribution in [3.05, 3.63) is 41.3 Å². The van der Waals surface area contributed by atoms with Crippen LogP contribution in [0.1, 0.15) is 76.8 Å². The molecular formula is C35H43FN6O3. The number of carbonyl (C=O) groups is 1. The molecule has 4 fully saturated rings. The number of aryl methyl sites for hydroxylation is 1. The molecule has 2 bridgehead atoms. The molecule has 0 unspecified atom stereocenters. The Kier molecular flexibility index (Phi) is 6.75. The van der Waals surface area contributed by atoms with E-state index in [9.17, 15) is 4.79 Å². The summed E-state index contributed by atoms with van der Waals surface area (Å²) in [6.45, 7) is 8.32. The first-order valence-electron chi connectivity index (χ1n) is 16.7. The lowest BCUT2D eigenvalue weighted by molar-refractivity contribution is 0.0122. The number of ether oxygens (including phenoxy) is 2. The molecular weight excluding hydrogens is 571 g/mol. The van der Waals surface area contributed by atoms with Crippen molar-refractivity contribution in [3.8, 4) is 17.3 Å². The van der Waals surface area contributed by atoms with Gasteiger partial charge in [-0.05, 0) is 102 Å². The summed E-state index contributed by atoms with van der Waals surface area (Å²) < 4.78 is 28.8. The Morgan fingerprint density at radius 3 is 2.56 bits per heavy atom. The quantitative estimate of drug-likeness (QED) is 0.353. The topological polar surface area (TPSA) is 83.9 Å². The highest BCUT2D eigenvalue weighted by atomic mass is 19.1. The Morgan fingerprint density at radius 2 is 1.87 bits per heavy atom. The summed E-state index contributed by atoms with van der Waals surface area (Å²) in [7, 11) is 2.11. The first kappa shape index (κ1) is 28.9. The van der Waals surface area contributed by atoms with Crippen LogP contribution in [0.5, 0.6) is 6.01 Å². The van der Waals surface area contributed by atoms with E-state index in [0.717, 1.165) is 63.5 Å². The van der Waals surface area contributed by atoms with E-state index in [0.29, 0.717) is 36.6 Å². The van der Waals surface area contributed by atoms with Crippen LogP contribution in [0.3, 0.4) is 0 Å². The van der Waals surface area contributed by atoms with Gasteiger partial charge in [-0.2, -0.15) is 9.97 Å². The van der Waals surface area contributed by atoms with Crippen molar-refractivity contribution >= 4 is 22.8 Å². The number of nitrogens with zero attached hydrogens (tertiary/aromatic N) is 6. The maximum Gasteiger partial charge on any atom is 0.410 e. The molecule has 2 aromatic heterocycles. The molecule has 3 saturated heterocycles. The molecule has 2 aliphatic carbocycles. The van der Waals surface area contributed by atoms with Crippen molar-refractivity contribution in [3.63, 3.8) is 0 Å². The summed E-state index contributed by atoms with van der Waals surface area (Å²) >= 11 is 0. The lowest BCUT2D eigenvalue weighted by Gasteiger charge is -2.42. The third kappa shape index (κ3) is 5.00. The van der Waals surface area contributed by atoms with Crippen molar-refractivity contribution in [2.24, 2.45) is 0 Å². The SMILES string of the molecule is CN1CCC[C@H]1COc1nc(N2C[C@H]3CC[C@@H](C2)N3C(=O)OC(C)(C)C)c2cnc(-c3cccc4c3C3(CC4)CC3)c(F)c2n1. The van der Waals surface area contributed by atoms with E-state index in [4.69, 9.17) is 24.4 Å². The minimum atomic E-state index is -0.560. The Balaban J connectivity index is 1.18. The Hall–Kier alpha value is -3.53. The largest absolute Gasteiger partial charge is 0.462 e. The number of halogens is 1. The van der Waals surface area contributed by atoms with Crippen LogP contribution in [0.25, 0.3) is 22.2 Å². The van der Waals surface area contributed by atoms with E-state index < -0.39 is 11.4 Å². The fourth-order valence-corrected chi connectivity index (χ4v) is 8.35. The number of hydrogen-bond donors (Lipinski definition) is 0. The molecule has 8 rings (SSSR count). The van der Waals surface area contributed by atoms with Gasteiger partial charge in [0.2, 0.25) is 0 Å². The van der Waals surface area contributed by atoms with Gasteiger partial charge in [0, 0.05) is 30.9 Å². The average molecular weight is 615 g/mol. The van der Waals surface area contributed by atoms with Gasteiger partial charge in [0.05, 0.1) is 17.5 Å². The number of benzene rings is 1. The van der Waals surface area contributed by atoms with Gasteiger partial charge in [-0.15, -0.1) is 0 Å². The van der Waals surface area contributed by atoms with Crippen molar-refractivity contribution in [2.45, 2.75) is 101 Å². The fraction of sp³-hybridized carbons (Fsp3) is 0.600. The number of piperazine rings is 1. The number of carbonyl (C=O) groups excluding carboxylic acids is 1. The van der Waals surface area contributed by atoms with E-state index >= 15 is 4.39 Å². The molecule has 238 valence electrons. The van der Waals surface area contributed by atoms with Gasteiger partial charge < -0.3 is 19.3 Å². The predicted molar refractivity (Wildman–Crippen MR) is 170 cm³/mol. The average Bonchev–Trinajstić information content (AvgIpc) is 3.40. The summed E-state index contributed by atoms with van der Waals surface area (Å²) in [4.78, 5) is 33.9. The van der Waals surface area contributed by atoms with Gasteiger partial charge >= 0.3 is 12.1 Å². The molecule has 9 nitrogen and oxygen atoms in total. The Morgan fingerprint density at radius 1 is 1.09 bits per heavy atom. The molecule has 5 heterocycles. The molecule has 0 N–H and O–H groups in total. The summed E-state index contributed by atoms with van der Waals surface area (Å²) in [6.07, 6.45) is 9.91. The normalized spacial score (nSPS) is 25.3. The second-order valence-electron chi connectivity index (χ2n) is 14.9. The van der Waals surface area contributed by atoms with Gasteiger partial charge in [0.25, 0.3) is 0 Å². The number of pyridine rings is 1. The van der Waals surface area contributed by atoms with Crippen molar-refractivity contribution < 1.29 is 18.7 Å². The van der Waals surface area contributed by atoms with Gasteiger partial charge in [-0.1, -0.05) is 18.2 Å². The summed E-state index contributed by atoms with van der Waals surface area (Å²) in [6, 6.07) is 6.66. The predicted octanol–water partition coefficient (Wildman–Crippen LogP) is 5.87. The number of hydrogen-bond acceptors (Lipinski definition) is 8. The molecule has 5 aliphatic rings. The summed E-state index contributed by atoms with van der Waals surface area (Å²) in [5, 5.41) is 0.570. The first-order valence-corrected chi connectivity index (χ1v) is 16.7. The fourth-order valence-electron chi connectivity index (χ4n) is 8.35. The molecule has 1 spiro atoms. The van der Waals surface area contributed by atoms with Crippen LogP contribution >= 0.6 is 0 Å². The molecule has 3 aliphatic heterocycles. The zero-order valence-corrected chi connectivity index (χ0v) is 26.8. The van der Waals surface area contributed by atoms with E-state index in [1.807, 2.05) is 37.8 Å². The van der Waals surface area contributed by atoms with Crippen molar-refractivity contribution in [2.75, 3.05) is 38.2 Å². The molecule has 3 atom stereocenters. The third-order valence-corrected chi connectivity index (χ3v) is 10.8.